The monoisotopic (exact) mass is 460 g/mol. The molecule has 0 bridgehead atoms. The normalized spacial score (nSPS) is 22.2. The number of nitrogen functional groups attached to an aromatic ring is 1. The number of hydrogen-bond acceptors (Lipinski definition) is 10. The summed E-state index contributed by atoms with van der Waals surface area (Å²) in [6.07, 6.45) is 7.23. The van der Waals surface area contributed by atoms with Crippen LogP contribution < -0.4 is 15.5 Å². The van der Waals surface area contributed by atoms with Gasteiger partial charge in [-0.2, -0.15) is 4.98 Å². The van der Waals surface area contributed by atoms with E-state index in [4.69, 9.17) is 20.4 Å². The van der Waals surface area contributed by atoms with E-state index < -0.39 is 10.0 Å². The van der Waals surface area contributed by atoms with Crippen LogP contribution in [0.25, 0.3) is 11.3 Å². The SMILES string of the molecule is CS(=O)(=O)N1CCC[C@H](N2CCc3c(-c4cnc(N)nc4)nc(N4CCOCC4)nc32)C1. The van der Waals surface area contributed by atoms with Crippen molar-refractivity contribution in [2.75, 3.05) is 67.7 Å². The Kier molecular flexibility index (Phi) is 5.59. The summed E-state index contributed by atoms with van der Waals surface area (Å²) < 4.78 is 31.4. The molecule has 0 unspecified atom stereocenters. The summed E-state index contributed by atoms with van der Waals surface area (Å²) in [5.74, 6) is 1.76. The van der Waals surface area contributed by atoms with Crippen LogP contribution in [0, 0.1) is 0 Å². The van der Waals surface area contributed by atoms with Gasteiger partial charge in [-0.1, -0.05) is 0 Å². The van der Waals surface area contributed by atoms with Crippen molar-refractivity contribution in [2.45, 2.75) is 25.3 Å². The van der Waals surface area contributed by atoms with Gasteiger partial charge in [-0.3, -0.25) is 0 Å². The zero-order valence-corrected chi connectivity index (χ0v) is 19.0. The predicted octanol–water partition coefficient (Wildman–Crippen LogP) is 0.139. The molecule has 0 aliphatic carbocycles. The number of ether oxygens (including phenoxy) is 1. The molecule has 12 heteroatoms. The molecule has 5 heterocycles. The van der Waals surface area contributed by atoms with Crippen LogP contribution in [0.5, 0.6) is 0 Å². The van der Waals surface area contributed by atoms with E-state index in [-0.39, 0.29) is 12.0 Å². The number of morpholine rings is 1. The quantitative estimate of drug-likeness (QED) is 0.672. The first kappa shape index (κ1) is 21.3. The van der Waals surface area contributed by atoms with E-state index in [0.29, 0.717) is 32.3 Å². The summed E-state index contributed by atoms with van der Waals surface area (Å²) >= 11 is 0. The number of anilines is 3. The highest BCUT2D eigenvalue weighted by Gasteiger charge is 2.36. The number of nitrogens with two attached hydrogens (primary N) is 1. The van der Waals surface area contributed by atoms with Crippen molar-refractivity contribution in [3.63, 3.8) is 0 Å². The maximum atomic E-state index is 12.2. The lowest BCUT2D eigenvalue weighted by molar-refractivity contribution is 0.122. The van der Waals surface area contributed by atoms with Crippen molar-refractivity contribution >= 4 is 27.7 Å². The van der Waals surface area contributed by atoms with Gasteiger partial charge in [0.15, 0.2) is 0 Å². The van der Waals surface area contributed by atoms with Crippen molar-refractivity contribution in [1.29, 1.82) is 0 Å². The summed E-state index contributed by atoms with van der Waals surface area (Å²) in [6.45, 7) is 4.56. The first-order chi connectivity index (χ1) is 15.4. The van der Waals surface area contributed by atoms with Crippen LogP contribution in [-0.4, -0.2) is 90.9 Å². The van der Waals surface area contributed by atoms with Crippen LogP contribution in [0.4, 0.5) is 17.7 Å². The van der Waals surface area contributed by atoms with E-state index in [2.05, 4.69) is 19.8 Å². The topological polar surface area (TPSA) is 131 Å². The Balaban J connectivity index is 1.55. The summed E-state index contributed by atoms with van der Waals surface area (Å²) in [7, 11) is -3.22. The maximum Gasteiger partial charge on any atom is 0.228 e. The number of rotatable bonds is 4. The van der Waals surface area contributed by atoms with Gasteiger partial charge in [-0.15, -0.1) is 0 Å². The van der Waals surface area contributed by atoms with Crippen molar-refractivity contribution < 1.29 is 13.2 Å². The first-order valence-corrected chi connectivity index (χ1v) is 12.8. The van der Waals surface area contributed by atoms with Gasteiger partial charge < -0.3 is 20.3 Å². The molecule has 32 heavy (non-hydrogen) atoms. The van der Waals surface area contributed by atoms with Gasteiger partial charge in [0.25, 0.3) is 0 Å². The Hall–Kier alpha value is -2.57. The lowest BCUT2D eigenvalue weighted by Crippen LogP contribution is -2.49. The molecule has 11 nitrogen and oxygen atoms in total. The molecule has 0 spiro atoms. The van der Waals surface area contributed by atoms with Crippen molar-refractivity contribution in [3.8, 4) is 11.3 Å². The lowest BCUT2D eigenvalue weighted by atomic mass is 10.1. The third kappa shape index (κ3) is 4.09. The van der Waals surface area contributed by atoms with Crippen LogP contribution in [0.1, 0.15) is 18.4 Å². The molecule has 2 fully saturated rings. The zero-order chi connectivity index (χ0) is 22.3. The minimum atomic E-state index is -3.22. The molecule has 172 valence electrons. The molecule has 2 N–H and O–H groups in total. The number of fused-ring (bicyclic) bond motifs is 1. The van der Waals surface area contributed by atoms with Gasteiger partial charge in [0, 0.05) is 62.3 Å². The molecule has 5 rings (SSSR count). The van der Waals surface area contributed by atoms with E-state index in [1.165, 1.54) is 6.26 Å². The molecule has 2 saturated heterocycles. The van der Waals surface area contributed by atoms with Crippen LogP contribution in [0.3, 0.4) is 0 Å². The fraction of sp³-hybridized carbons (Fsp3) is 0.600. The van der Waals surface area contributed by atoms with Crippen molar-refractivity contribution in [2.24, 2.45) is 0 Å². The standard InChI is InChI=1S/C20H28N8O3S/c1-32(29,30)27-5-2-3-15(13-27)28-6-4-16-17(14-11-22-19(21)23-12-14)24-20(25-18(16)28)26-7-9-31-10-8-26/h11-12,15H,2-10,13H2,1H3,(H2,21,22,23)/t15-/m0/s1. The average Bonchev–Trinajstić information content (AvgIpc) is 3.23. The largest absolute Gasteiger partial charge is 0.378 e. The van der Waals surface area contributed by atoms with Crippen molar-refractivity contribution in [3.05, 3.63) is 18.0 Å². The molecule has 3 aliphatic rings. The van der Waals surface area contributed by atoms with E-state index >= 15 is 0 Å². The van der Waals surface area contributed by atoms with E-state index in [1.54, 1.807) is 16.7 Å². The van der Waals surface area contributed by atoms with Gasteiger partial charge in [0.05, 0.1) is 25.2 Å². The van der Waals surface area contributed by atoms with Gasteiger partial charge in [0.2, 0.25) is 21.9 Å². The molecule has 2 aromatic heterocycles. The average molecular weight is 461 g/mol. The zero-order valence-electron chi connectivity index (χ0n) is 18.1. The van der Waals surface area contributed by atoms with Crippen LogP contribution in [-0.2, 0) is 21.2 Å². The van der Waals surface area contributed by atoms with E-state index in [1.807, 2.05) is 0 Å². The smallest absolute Gasteiger partial charge is 0.228 e. The van der Waals surface area contributed by atoms with Gasteiger partial charge in [0.1, 0.15) is 5.82 Å². The first-order valence-electron chi connectivity index (χ1n) is 10.9. The summed E-state index contributed by atoms with van der Waals surface area (Å²) in [5.41, 5.74) is 8.36. The second-order valence-electron chi connectivity index (χ2n) is 8.46. The number of aromatic nitrogens is 4. The number of nitrogens with zero attached hydrogens (tertiary/aromatic N) is 7. The summed E-state index contributed by atoms with van der Waals surface area (Å²) in [6, 6.07) is 0.0858. The highest BCUT2D eigenvalue weighted by Crippen LogP contribution is 2.37. The third-order valence-corrected chi connectivity index (χ3v) is 7.63. The minimum absolute atomic E-state index is 0.0858. The molecule has 0 aromatic carbocycles. The second-order valence-corrected chi connectivity index (χ2v) is 10.4. The van der Waals surface area contributed by atoms with Crippen molar-refractivity contribution in [1.82, 2.24) is 24.2 Å². The number of piperidine rings is 1. The second kappa shape index (κ2) is 8.41. The Morgan fingerprint density at radius 3 is 2.56 bits per heavy atom. The Morgan fingerprint density at radius 1 is 1.09 bits per heavy atom. The fourth-order valence-corrected chi connectivity index (χ4v) is 5.61. The van der Waals surface area contributed by atoms with Gasteiger partial charge in [-0.25, -0.2) is 27.7 Å². The Bertz CT molecular complexity index is 1090. The minimum Gasteiger partial charge on any atom is -0.378 e. The maximum absolute atomic E-state index is 12.2. The predicted molar refractivity (Wildman–Crippen MR) is 121 cm³/mol. The molecule has 0 saturated carbocycles. The highest BCUT2D eigenvalue weighted by molar-refractivity contribution is 7.88. The van der Waals surface area contributed by atoms with Crippen LogP contribution in [0.15, 0.2) is 12.4 Å². The molecular weight excluding hydrogens is 432 g/mol. The lowest BCUT2D eigenvalue weighted by Gasteiger charge is -2.37. The number of sulfonamides is 1. The molecule has 0 radical (unpaired) electrons. The number of hydrogen-bond donors (Lipinski definition) is 1. The Labute approximate surface area is 187 Å². The fourth-order valence-electron chi connectivity index (χ4n) is 4.70. The molecule has 1 atom stereocenters. The molecule has 2 aromatic rings. The third-order valence-electron chi connectivity index (χ3n) is 6.36. The molecular formula is C20H28N8O3S. The molecule has 0 amide bonds. The van der Waals surface area contributed by atoms with Crippen LogP contribution in [0.2, 0.25) is 0 Å². The Morgan fingerprint density at radius 2 is 1.84 bits per heavy atom. The van der Waals surface area contributed by atoms with E-state index in [9.17, 15) is 8.42 Å². The molecule has 3 aliphatic heterocycles. The summed E-state index contributed by atoms with van der Waals surface area (Å²) in [4.78, 5) is 22.6. The van der Waals surface area contributed by atoms with Crippen LogP contribution >= 0.6 is 0 Å². The highest BCUT2D eigenvalue weighted by atomic mass is 32.2. The van der Waals surface area contributed by atoms with Gasteiger partial charge >= 0.3 is 0 Å². The van der Waals surface area contributed by atoms with E-state index in [0.717, 1.165) is 61.5 Å². The summed E-state index contributed by atoms with van der Waals surface area (Å²) in [5, 5.41) is 0. The van der Waals surface area contributed by atoms with Gasteiger partial charge in [-0.05, 0) is 19.3 Å².